The van der Waals surface area contributed by atoms with Crippen molar-refractivity contribution >= 4 is 17.6 Å². The molecule has 4 heterocycles. The number of carbonyl (C=O) groups excluding carboxylic acids is 2. The number of aromatic nitrogens is 1. The van der Waals surface area contributed by atoms with E-state index in [9.17, 15) is 9.59 Å². The molecule has 0 radical (unpaired) electrons. The van der Waals surface area contributed by atoms with Gasteiger partial charge in [0.1, 0.15) is 18.1 Å². The number of hydrogen-bond donors (Lipinski definition) is 1. The van der Waals surface area contributed by atoms with E-state index in [-0.39, 0.29) is 18.4 Å². The molecule has 27 heavy (non-hydrogen) atoms. The Morgan fingerprint density at radius 2 is 1.89 bits per heavy atom. The van der Waals surface area contributed by atoms with Crippen molar-refractivity contribution in [3.05, 3.63) is 23.4 Å². The maximum atomic E-state index is 12.7. The first-order valence-electron chi connectivity index (χ1n) is 9.67. The van der Waals surface area contributed by atoms with E-state index in [1.165, 1.54) is 0 Å². The van der Waals surface area contributed by atoms with Crippen LogP contribution < -0.4 is 10.2 Å². The van der Waals surface area contributed by atoms with E-state index >= 15 is 0 Å². The average molecular weight is 374 g/mol. The van der Waals surface area contributed by atoms with Gasteiger partial charge in [0.25, 0.3) is 5.91 Å². The van der Waals surface area contributed by atoms with Gasteiger partial charge in [0.2, 0.25) is 5.91 Å². The number of fused-ring (bicyclic) bond motifs is 1. The maximum Gasteiger partial charge on any atom is 0.273 e. The normalized spacial score (nSPS) is 20.7. The third-order valence-electron chi connectivity index (χ3n) is 5.41. The molecule has 0 saturated carbocycles. The summed E-state index contributed by atoms with van der Waals surface area (Å²) in [6.07, 6.45) is 1.95. The summed E-state index contributed by atoms with van der Waals surface area (Å²) in [6, 6.07) is 3.90. The van der Waals surface area contributed by atoms with Crippen molar-refractivity contribution in [2.75, 3.05) is 57.5 Å². The van der Waals surface area contributed by atoms with Crippen LogP contribution in [0.25, 0.3) is 0 Å². The number of nitrogens with one attached hydrogen (secondary N) is 1. The third-order valence-corrected chi connectivity index (χ3v) is 5.41. The summed E-state index contributed by atoms with van der Waals surface area (Å²) in [5, 5.41) is 2.96. The van der Waals surface area contributed by atoms with Gasteiger partial charge in [-0.25, -0.2) is 4.98 Å². The monoisotopic (exact) mass is 374 g/mol. The molecule has 8 heteroatoms. The van der Waals surface area contributed by atoms with Gasteiger partial charge in [-0.1, -0.05) is 6.07 Å². The Hall–Kier alpha value is -2.19. The van der Waals surface area contributed by atoms with E-state index in [1.54, 1.807) is 4.90 Å². The lowest BCUT2D eigenvalue weighted by Gasteiger charge is -2.27. The summed E-state index contributed by atoms with van der Waals surface area (Å²) in [5.41, 5.74) is 1.35. The van der Waals surface area contributed by atoms with E-state index in [2.05, 4.69) is 15.2 Å². The SMILES string of the molecule is O=C(CN1Cc2ccc(N3CCOCC3)nc2C1=O)NCC1CCOCC1. The first-order chi connectivity index (χ1) is 13.2. The summed E-state index contributed by atoms with van der Waals surface area (Å²) in [7, 11) is 0. The van der Waals surface area contributed by atoms with E-state index in [0.29, 0.717) is 37.9 Å². The minimum atomic E-state index is -0.165. The number of rotatable bonds is 5. The fourth-order valence-electron chi connectivity index (χ4n) is 3.75. The molecule has 0 unspecified atom stereocenters. The lowest BCUT2D eigenvalue weighted by molar-refractivity contribution is -0.122. The van der Waals surface area contributed by atoms with Gasteiger partial charge in [0, 0.05) is 45.0 Å². The molecule has 8 nitrogen and oxygen atoms in total. The molecule has 0 spiro atoms. The predicted octanol–water partition coefficient (Wildman–Crippen LogP) is 0.417. The van der Waals surface area contributed by atoms with Crippen LogP contribution in [0.15, 0.2) is 12.1 Å². The Labute approximate surface area is 158 Å². The second kappa shape index (κ2) is 8.22. The van der Waals surface area contributed by atoms with E-state index in [4.69, 9.17) is 9.47 Å². The molecule has 3 aliphatic rings. The number of morpholine rings is 1. The van der Waals surface area contributed by atoms with Crippen LogP contribution in [-0.2, 0) is 20.8 Å². The minimum absolute atomic E-state index is 0.0747. The Morgan fingerprint density at radius 1 is 1.15 bits per heavy atom. The Kier molecular flexibility index (Phi) is 5.54. The Morgan fingerprint density at radius 3 is 2.67 bits per heavy atom. The molecular weight excluding hydrogens is 348 g/mol. The van der Waals surface area contributed by atoms with Gasteiger partial charge in [-0.15, -0.1) is 0 Å². The summed E-state index contributed by atoms with van der Waals surface area (Å²) in [6.45, 7) is 5.58. The van der Waals surface area contributed by atoms with Gasteiger partial charge >= 0.3 is 0 Å². The van der Waals surface area contributed by atoms with Crippen molar-refractivity contribution < 1.29 is 19.1 Å². The van der Waals surface area contributed by atoms with Gasteiger partial charge in [-0.3, -0.25) is 9.59 Å². The molecule has 0 atom stereocenters. The molecule has 146 valence electrons. The summed E-state index contributed by atoms with van der Waals surface area (Å²) >= 11 is 0. The molecule has 1 N–H and O–H groups in total. The Balaban J connectivity index is 1.33. The molecule has 0 bridgehead atoms. The zero-order valence-corrected chi connectivity index (χ0v) is 15.5. The van der Waals surface area contributed by atoms with Gasteiger partial charge in [0.15, 0.2) is 0 Å². The van der Waals surface area contributed by atoms with Crippen molar-refractivity contribution in [1.82, 2.24) is 15.2 Å². The topological polar surface area (TPSA) is 84.0 Å². The fourth-order valence-corrected chi connectivity index (χ4v) is 3.75. The van der Waals surface area contributed by atoms with Gasteiger partial charge < -0.3 is 24.6 Å². The van der Waals surface area contributed by atoms with E-state index in [0.717, 1.165) is 50.5 Å². The highest BCUT2D eigenvalue weighted by atomic mass is 16.5. The predicted molar refractivity (Wildman–Crippen MR) is 98.6 cm³/mol. The number of nitrogens with zero attached hydrogens (tertiary/aromatic N) is 3. The number of anilines is 1. The summed E-state index contributed by atoms with van der Waals surface area (Å²) in [4.78, 5) is 33.2. The van der Waals surface area contributed by atoms with E-state index in [1.807, 2.05) is 12.1 Å². The fraction of sp³-hybridized carbons (Fsp3) is 0.632. The number of amides is 2. The molecule has 0 aliphatic carbocycles. The lowest BCUT2D eigenvalue weighted by atomic mass is 10.0. The highest BCUT2D eigenvalue weighted by Crippen LogP contribution is 2.24. The van der Waals surface area contributed by atoms with Gasteiger partial charge in [-0.2, -0.15) is 0 Å². The zero-order chi connectivity index (χ0) is 18.6. The number of carbonyl (C=O) groups is 2. The van der Waals surface area contributed by atoms with Crippen LogP contribution in [0.3, 0.4) is 0 Å². The molecule has 2 fully saturated rings. The summed E-state index contributed by atoms with van der Waals surface area (Å²) in [5.74, 6) is 0.987. The Bertz CT molecular complexity index is 699. The highest BCUT2D eigenvalue weighted by molar-refractivity contribution is 5.98. The van der Waals surface area contributed by atoms with Crippen LogP contribution >= 0.6 is 0 Å². The second-order valence-electron chi connectivity index (χ2n) is 7.30. The van der Waals surface area contributed by atoms with Crippen LogP contribution in [-0.4, -0.2) is 74.3 Å². The first kappa shape index (κ1) is 18.2. The van der Waals surface area contributed by atoms with Crippen LogP contribution in [0.4, 0.5) is 5.82 Å². The molecule has 1 aromatic heterocycles. The van der Waals surface area contributed by atoms with Crippen molar-refractivity contribution in [3.63, 3.8) is 0 Å². The second-order valence-corrected chi connectivity index (χ2v) is 7.30. The van der Waals surface area contributed by atoms with Crippen LogP contribution in [0.5, 0.6) is 0 Å². The van der Waals surface area contributed by atoms with Gasteiger partial charge in [0.05, 0.1) is 13.2 Å². The van der Waals surface area contributed by atoms with Crippen molar-refractivity contribution in [2.24, 2.45) is 5.92 Å². The van der Waals surface area contributed by atoms with Crippen molar-refractivity contribution in [2.45, 2.75) is 19.4 Å². The molecule has 4 rings (SSSR count). The zero-order valence-electron chi connectivity index (χ0n) is 15.5. The summed E-state index contributed by atoms with van der Waals surface area (Å²) < 4.78 is 10.7. The largest absolute Gasteiger partial charge is 0.381 e. The molecular formula is C19H26N4O4. The molecule has 0 aromatic carbocycles. The molecule has 2 saturated heterocycles. The van der Waals surface area contributed by atoms with Crippen LogP contribution in [0.1, 0.15) is 28.9 Å². The molecule has 2 amide bonds. The van der Waals surface area contributed by atoms with Crippen molar-refractivity contribution in [1.29, 1.82) is 0 Å². The third kappa shape index (κ3) is 4.22. The maximum absolute atomic E-state index is 12.7. The molecule has 1 aromatic rings. The quantitative estimate of drug-likeness (QED) is 0.804. The smallest absolute Gasteiger partial charge is 0.273 e. The number of hydrogen-bond acceptors (Lipinski definition) is 6. The average Bonchev–Trinajstić information content (AvgIpc) is 3.03. The van der Waals surface area contributed by atoms with Crippen LogP contribution in [0.2, 0.25) is 0 Å². The first-order valence-corrected chi connectivity index (χ1v) is 9.67. The highest BCUT2D eigenvalue weighted by Gasteiger charge is 2.31. The van der Waals surface area contributed by atoms with Crippen LogP contribution in [0, 0.1) is 5.92 Å². The standard InChI is InChI=1S/C19H26N4O4/c24-17(20-11-14-3-7-26-8-4-14)13-23-12-15-1-2-16(21-18(15)19(23)25)22-5-9-27-10-6-22/h1-2,14H,3-13H2,(H,20,24). The van der Waals surface area contributed by atoms with Gasteiger partial charge in [-0.05, 0) is 24.8 Å². The van der Waals surface area contributed by atoms with E-state index < -0.39 is 0 Å². The lowest BCUT2D eigenvalue weighted by Crippen LogP contribution is -2.40. The minimum Gasteiger partial charge on any atom is -0.381 e. The number of ether oxygens (including phenoxy) is 2. The van der Waals surface area contributed by atoms with Crippen molar-refractivity contribution in [3.8, 4) is 0 Å². The molecule has 3 aliphatic heterocycles. The number of pyridine rings is 1.